The van der Waals surface area contributed by atoms with Gasteiger partial charge in [-0.25, -0.2) is 14.8 Å². The highest BCUT2D eigenvalue weighted by molar-refractivity contribution is 5.95. The van der Waals surface area contributed by atoms with Crippen molar-refractivity contribution in [2.75, 3.05) is 12.4 Å². The first-order chi connectivity index (χ1) is 17.0. The van der Waals surface area contributed by atoms with E-state index < -0.39 is 6.09 Å². The first-order valence-electron chi connectivity index (χ1n) is 11.6. The van der Waals surface area contributed by atoms with Gasteiger partial charge in [-0.2, -0.15) is 0 Å². The molecule has 1 aromatic carbocycles. The van der Waals surface area contributed by atoms with E-state index in [9.17, 15) is 9.90 Å². The molecule has 3 aromatic heterocycles. The maximum atomic E-state index is 10.6. The Bertz CT molecular complexity index is 1310. The number of ether oxygens (including phenoxy) is 1. The Labute approximate surface area is 203 Å². The maximum Gasteiger partial charge on any atom is 0.409 e. The van der Waals surface area contributed by atoms with Crippen LogP contribution in [0, 0.1) is 0 Å². The molecular weight excluding hydrogens is 446 g/mol. The molecule has 0 radical (unpaired) electrons. The van der Waals surface area contributed by atoms with Crippen molar-refractivity contribution in [2.24, 2.45) is 0 Å². The third-order valence-electron chi connectivity index (χ3n) is 5.94. The average molecular weight is 476 g/mol. The number of hydrogen-bond acceptors (Lipinski definition) is 7. The number of carboxylic acid groups (broad SMARTS) is 1. The molecule has 9 heteroatoms. The Balaban J connectivity index is 0.000000168. The van der Waals surface area contributed by atoms with Crippen LogP contribution < -0.4 is 15.4 Å². The van der Waals surface area contributed by atoms with Crippen LogP contribution >= 0.6 is 0 Å². The van der Waals surface area contributed by atoms with Crippen LogP contribution in [-0.4, -0.2) is 44.4 Å². The molecule has 182 valence electrons. The van der Waals surface area contributed by atoms with Gasteiger partial charge in [0.15, 0.2) is 0 Å². The Morgan fingerprint density at radius 1 is 1.03 bits per heavy atom. The molecule has 35 heavy (non-hydrogen) atoms. The molecule has 1 saturated carbocycles. The number of nitrogens with one attached hydrogen (secondary N) is 2. The number of rotatable bonds is 5. The lowest BCUT2D eigenvalue weighted by Crippen LogP contribution is -2.30. The number of phenolic OH excluding ortho intramolecular Hbond substituents is 1. The number of methoxy groups -OCH3 is 1. The summed E-state index contributed by atoms with van der Waals surface area (Å²) < 4.78 is 4.97. The van der Waals surface area contributed by atoms with Crippen molar-refractivity contribution in [3.63, 3.8) is 0 Å². The van der Waals surface area contributed by atoms with E-state index in [0.717, 1.165) is 17.6 Å². The molecule has 1 fully saturated rings. The number of fused-ring (bicyclic) bond motifs is 2. The van der Waals surface area contributed by atoms with E-state index in [0.29, 0.717) is 34.2 Å². The maximum absolute atomic E-state index is 10.6. The van der Waals surface area contributed by atoms with E-state index in [1.54, 1.807) is 24.3 Å². The summed E-state index contributed by atoms with van der Waals surface area (Å²) >= 11 is 0. The minimum absolute atomic E-state index is 0.261. The van der Waals surface area contributed by atoms with Crippen LogP contribution in [-0.2, 0) is 6.54 Å². The quantitative estimate of drug-likeness (QED) is 0.314. The fourth-order valence-corrected chi connectivity index (χ4v) is 4.16. The van der Waals surface area contributed by atoms with Gasteiger partial charge in [0.05, 0.1) is 24.0 Å². The predicted molar refractivity (Wildman–Crippen MR) is 135 cm³/mol. The van der Waals surface area contributed by atoms with Crippen molar-refractivity contribution in [3.8, 4) is 11.6 Å². The molecule has 4 aromatic rings. The minimum Gasteiger partial charge on any atom is -0.506 e. The number of phenols is 1. The largest absolute Gasteiger partial charge is 0.506 e. The van der Waals surface area contributed by atoms with E-state index in [2.05, 4.69) is 25.6 Å². The van der Waals surface area contributed by atoms with Gasteiger partial charge in [0.1, 0.15) is 16.8 Å². The van der Waals surface area contributed by atoms with E-state index in [1.165, 1.54) is 45.4 Å². The summed E-state index contributed by atoms with van der Waals surface area (Å²) in [5, 5.41) is 25.3. The topological polar surface area (TPSA) is 129 Å². The van der Waals surface area contributed by atoms with Crippen LogP contribution in [0.5, 0.6) is 11.6 Å². The van der Waals surface area contributed by atoms with Crippen LogP contribution in [0.1, 0.15) is 37.8 Å². The number of aromatic nitrogens is 3. The first-order valence-corrected chi connectivity index (χ1v) is 11.6. The zero-order valence-electron chi connectivity index (χ0n) is 19.6. The zero-order chi connectivity index (χ0) is 24.6. The van der Waals surface area contributed by atoms with E-state index in [1.807, 2.05) is 24.3 Å². The molecule has 0 bridgehead atoms. The fourth-order valence-electron chi connectivity index (χ4n) is 4.16. The van der Waals surface area contributed by atoms with Gasteiger partial charge < -0.3 is 20.3 Å². The molecule has 0 atom stereocenters. The van der Waals surface area contributed by atoms with Crippen LogP contribution in [0.4, 0.5) is 10.5 Å². The highest BCUT2D eigenvalue weighted by Gasteiger charge is 2.13. The van der Waals surface area contributed by atoms with Crippen molar-refractivity contribution < 1.29 is 19.7 Å². The summed E-state index contributed by atoms with van der Waals surface area (Å²) in [5.41, 5.74) is 3.15. The molecule has 4 N–H and O–H groups in total. The Hall–Kier alpha value is -3.98. The van der Waals surface area contributed by atoms with Gasteiger partial charge in [0, 0.05) is 30.2 Å². The van der Waals surface area contributed by atoms with Gasteiger partial charge in [-0.3, -0.25) is 10.3 Å². The molecule has 1 amide bonds. The van der Waals surface area contributed by atoms with Crippen molar-refractivity contribution in [3.05, 3.63) is 60.4 Å². The van der Waals surface area contributed by atoms with E-state index >= 15 is 0 Å². The number of anilines is 1. The summed E-state index contributed by atoms with van der Waals surface area (Å²) in [7, 11) is 1.49. The molecule has 9 nitrogen and oxygen atoms in total. The average Bonchev–Trinajstić information content (AvgIpc) is 2.88. The van der Waals surface area contributed by atoms with Gasteiger partial charge in [0.25, 0.3) is 0 Å². The Kier molecular flexibility index (Phi) is 7.89. The number of nitrogens with zero attached hydrogens (tertiary/aromatic N) is 3. The number of para-hydroxylation sites is 1. The number of carbonyl (C=O) groups is 1. The van der Waals surface area contributed by atoms with E-state index in [4.69, 9.17) is 9.84 Å². The molecule has 0 aliphatic heterocycles. The number of amides is 1. The smallest absolute Gasteiger partial charge is 0.409 e. The van der Waals surface area contributed by atoms with Crippen molar-refractivity contribution in [1.82, 2.24) is 20.3 Å². The van der Waals surface area contributed by atoms with Crippen LogP contribution in [0.3, 0.4) is 0 Å². The summed E-state index contributed by atoms with van der Waals surface area (Å²) in [6.07, 6.45) is 6.98. The fraction of sp³-hybridized carbons (Fsp3) is 0.308. The van der Waals surface area contributed by atoms with Crippen LogP contribution in [0.15, 0.2) is 54.7 Å². The number of benzene rings is 1. The van der Waals surface area contributed by atoms with Crippen molar-refractivity contribution in [2.45, 2.75) is 44.7 Å². The van der Waals surface area contributed by atoms with Gasteiger partial charge >= 0.3 is 6.09 Å². The Morgan fingerprint density at radius 3 is 2.63 bits per heavy atom. The lowest BCUT2D eigenvalue weighted by Gasteiger charge is -2.22. The summed E-state index contributed by atoms with van der Waals surface area (Å²) in [6.45, 7) is 0.787. The summed E-state index contributed by atoms with van der Waals surface area (Å²) in [4.78, 5) is 23.3. The third-order valence-corrected chi connectivity index (χ3v) is 5.94. The second kappa shape index (κ2) is 11.4. The molecular formula is C26H29N5O4. The standard InChI is InChI=1S/C16H20N2O.C10H9N3O3/c19-15-8-4-5-12-9-10-14(18-16(12)15)11-17-13-6-2-1-3-7-13;1-16-8-3-2-6-9(13-8)7(4-5-11-6)12-10(14)15/h4-5,8-10,13,17,19H,1-3,6-7,11H2;2-5H,1H3,(H,11,12)(H,14,15). The molecule has 0 saturated heterocycles. The molecule has 5 rings (SSSR count). The summed E-state index contributed by atoms with van der Waals surface area (Å²) in [6, 6.07) is 15.1. The lowest BCUT2D eigenvalue weighted by molar-refractivity contribution is 0.210. The van der Waals surface area contributed by atoms with Gasteiger partial charge in [-0.05, 0) is 37.1 Å². The minimum atomic E-state index is -1.14. The number of hydrogen-bond donors (Lipinski definition) is 4. The first kappa shape index (κ1) is 24.2. The Morgan fingerprint density at radius 2 is 1.86 bits per heavy atom. The molecule has 3 heterocycles. The highest BCUT2D eigenvalue weighted by Crippen LogP contribution is 2.23. The third kappa shape index (κ3) is 6.33. The normalized spacial score (nSPS) is 13.7. The van der Waals surface area contributed by atoms with E-state index in [-0.39, 0.29) is 5.75 Å². The number of aromatic hydroxyl groups is 1. The lowest BCUT2D eigenvalue weighted by atomic mass is 9.95. The number of pyridine rings is 3. The molecule has 1 aliphatic rings. The molecule has 0 unspecified atom stereocenters. The second-order valence-electron chi connectivity index (χ2n) is 8.38. The van der Waals surface area contributed by atoms with Crippen molar-refractivity contribution >= 4 is 33.7 Å². The van der Waals surface area contributed by atoms with Crippen molar-refractivity contribution in [1.29, 1.82) is 0 Å². The molecule has 1 aliphatic carbocycles. The zero-order valence-corrected chi connectivity index (χ0v) is 19.6. The highest BCUT2D eigenvalue weighted by atomic mass is 16.5. The monoisotopic (exact) mass is 475 g/mol. The van der Waals surface area contributed by atoms with Crippen LogP contribution in [0.2, 0.25) is 0 Å². The van der Waals surface area contributed by atoms with Crippen LogP contribution in [0.25, 0.3) is 21.9 Å². The van der Waals surface area contributed by atoms with Gasteiger partial charge in [-0.1, -0.05) is 37.5 Å². The predicted octanol–water partition coefficient (Wildman–Crippen LogP) is 5.09. The molecule has 0 spiro atoms. The van der Waals surface area contributed by atoms with Gasteiger partial charge in [0.2, 0.25) is 5.88 Å². The van der Waals surface area contributed by atoms with Gasteiger partial charge in [-0.15, -0.1) is 0 Å². The second-order valence-corrected chi connectivity index (χ2v) is 8.38. The summed E-state index contributed by atoms with van der Waals surface area (Å²) in [5.74, 6) is 0.672. The SMILES string of the molecule is COc1ccc2nccc(NC(=O)O)c2n1.Oc1cccc2ccc(CNC3CCCCC3)nc12.